The zero-order valence-electron chi connectivity index (χ0n) is 20.1. The Hall–Kier alpha value is -3.58. The Labute approximate surface area is 227 Å². The molecular weight excluding hydrogens is 548 g/mol. The average molecular weight is 581 g/mol. The minimum Gasteiger partial charge on any atom is -0.480 e. The van der Waals surface area contributed by atoms with Crippen LogP contribution in [-0.4, -0.2) is 101 Å². The van der Waals surface area contributed by atoms with E-state index in [-0.39, 0.29) is 24.3 Å². The van der Waals surface area contributed by atoms with Crippen molar-refractivity contribution in [2.45, 2.75) is 43.4 Å². The summed E-state index contributed by atoms with van der Waals surface area (Å²) in [6.07, 6.45) is -0.972. The van der Waals surface area contributed by atoms with Gasteiger partial charge in [0.25, 0.3) is 0 Å². The summed E-state index contributed by atoms with van der Waals surface area (Å²) in [7, 11) is 0. The number of hydrogen-bond acceptors (Lipinski definition) is 11. The molecule has 12 N–H and O–H groups in total. The van der Waals surface area contributed by atoms with E-state index >= 15 is 0 Å². The molecule has 4 unspecified atom stereocenters. The molecule has 0 aromatic heterocycles. The molecule has 0 rings (SSSR count). The lowest BCUT2D eigenvalue weighted by molar-refractivity contribution is -0.142. The summed E-state index contributed by atoms with van der Waals surface area (Å²) in [5.74, 6) is -7.49. The lowest BCUT2D eigenvalue weighted by Crippen LogP contribution is -2.55. The van der Waals surface area contributed by atoms with Crippen molar-refractivity contribution in [1.29, 1.82) is 0 Å². The topological polar surface area (TPSA) is 295 Å². The molecule has 214 valence electrons. The van der Waals surface area contributed by atoms with Crippen molar-refractivity contribution in [2.24, 2.45) is 17.2 Å². The molecule has 17 nitrogen and oxygen atoms in total. The second-order valence-corrected chi connectivity index (χ2v) is 8.45. The van der Waals surface area contributed by atoms with Crippen molar-refractivity contribution in [3.8, 4) is 0 Å². The number of carboxylic acids is 1. The van der Waals surface area contributed by atoms with Crippen LogP contribution in [0.1, 0.15) is 19.3 Å². The van der Waals surface area contributed by atoms with Crippen LogP contribution in [0.4, 0.5) is 0 Å². The second kappa shape index (κ2) is 17.8. The first kappa shape index (κ1) is 34.4. The van der Waals surface area contributed by atoms with Gasteiger partial charge in [0, 0.05) is 17.9 Å². The first-order chi connectivity index (χ1) is 17.7. The standard InChI is InChI=1S/C19H32N8O9S2/c20-8(3-13(22)29)16(32)27-11(7-38)18(34)24-5-15(31)26-10(6-37)17(33)23-4-14(30)25-9(19(35)36)1-2-12(21)28/h8-11,37-38H,1-7,20H2,(H2,21,28)(H2,22,29)(H,23,33)(H,24,34)(H,25,30)(H,26,31)(H,27,32)(H,35,36). The predicted molar refractivity (Wildman–Crippen MR) is 137 cm³/mol. The van der Waals surface area contributed by atoms with Gasteiger partial charge >= 0.3 is 5.97 Å². The van der Waals surface area contributed by atoms with E-state index in [2.05, 4.69) is 51.8 Å². The van der Waals surface area contributed by atoms with Gasteiger partial charge in [-0.1, -0.05) is 0 Å². The fourth-order valence-electron chi connectivity index (χ4n) is 2.59. The van der Waals surface area contributed by atoms with Crippen LogP contribution < -0.4 is 43.8 Å². The highest BCUT2D eigenvalue weighted by Gasteiger charge is 2.26. The third-order valence-electron chi connectivity index (χ3n) is 4.57. The molecule has 0 spiro atoms. The van der Waals surface area contributed by atoms with Crippen LogP contribution in [0.25, 0.3) is 0 Å². The maximum Gasteiger partial charge on any atom is 0.326 e. The van der Waals surface area contributed by atoms with E-state index in [1.54, 1.807) is 0 Å². The van der Waals surface area contributed by atoms with Crippen LogP contribution in [0.15, 0.2) is 0 Å². The monoisotopic (exact) mass is 580 g/mol. The minimum atomic E-state index is -1.40. The number of thiol groups is 2. The van der Waals surface area contributed by atoms with Gasteiger partial charge in [0.15, 0.2) is 0 Å². The zero-order chi connectivity index (χ0) is 29.4. The van der Waals surface area contributed by atoms with E-state index in [0.717, 1.165) is 0 Å². The molecule has 7 amide bonds. The summed E-state index contributed by atoms with van der Waals surface area (Å²) in [6, 6.07) is -5.11. The van der Waals surface area contributed by atoms with Crippen molar-refractivity contribution < 1.29 is 43.5 Å². The van der Waals surface area contributed by atoms with Crippen LogP contribution in [0, 0.1) is 0 Å². The first-order valence-corrected chi connectivity index (χ1v) is 12.2. The molecule has 0 aliphatic heterocycles. The number of nitrogens with one attached hydrogen (secondary N) is 5. The molecular formula is C19H32N8O9S2. The van der Waals surface area contributed by atoms with Gasteiger partial charge in [-0.2, -0.15) is 25.3 Å². The van der Waals surface area contributed by atoms with Crippen molar-refractivity contribution >= 4 is 72.6 Å². The van der Waals surface area contributed by atoms with Crippen LogP contribution in [-0.2, 0) is 38.4 Å². The molecule has 0 aliphatic carbocycles. The van der Waals surface area contributed by atoms with E-state index in [1.165, 1.54) is 0 Å². The van der Waals surface area contributed by atoms with Crippen LogP contribution in [0.3, 0.4) is 0 Å². The number of carboxylic acid groups (broad SMARTS) is 1. The third kappa shape index (κ3) is 14.2. The number of rotatable bonds is 18. The van der Waals surface area contributed by atoms with Gasteiger partial charge in [0.1, 0.15) is 18.1 Å². The molecule has 0 radical (unpaired) electrons. The quantitative estimate of drug-likeness (QED) is 0.0682. The van der Waals surface area contributed by atoms with Gasteiger partial charge < -0.3 is 48.9 Å². The Bertz CT molecular complexity index is 921. The Morgan fingerprint density at radius 1 is 0.684 bits per heavy atom. The van der Waals surface area contributed by atoms with Gasteiger partial charge in [-0.05, 0) is 6.42 Å². The smallest absolute Gasteiger partial charge is 0.326 e. The van der Waals surface area contributed by atoms with Crippen LogP contribution >= 0.6 is 25.3 Å². The molecule has 0 aromatic rings. The highest BCUT2D eigenvalue weighted by Crippen LogP contribution is 1.98. The van der Waals surface area contributed by atoms with Crippen molar-refractivity contribution in [2.75, 3.05) is 24.6 Å². The fourth-order valence-corrected chi connectivity index (χ4v) is 3.11. The van der Waals surface area contributed by atoms with Gasteiger partial charge in [0.05, 0.1) is 25.6 Å². The van der Waals surface area contributed by atoms with Gasteiger partial charge in [-0.25, -0.2) is 4.79 Å². The SMILES string of the molecule is NC(=O)CCC(NC(=O)CNC(=O)C(CS)NC(=O)CNC(=O)C(CS)NC(=O)C(N)CC(N)=O)C(=O)O. The van der Waals surface area contributed by atoms with Gasteiger partial charge in [0.2, 0.25) is 41.4 Å². The van der Waals surface area contributed by atoms with Crippen molar-refractivity contribution in [1.82, 2.24) is 26.6 Å². The number of nitrogens with two attached hydrogens (primary N) is 3. The molecule has 0 saturated carbocycles. The maximum atomic E-state index is 12.3. The molecule has 0 saturated heterocycles. The summed E-state index contributed by atoms with van der Waals surface area (Å²) in [5.41, 5.74) is 15.4. The summed E-state index contributed by atoms with van der Waals surface area (Å²) >= 11 is 7.90. The Kier molecular flexibility index (Phi) is 16.1. The molecule has 38 heavy (non-hydrogen) atoms. The second-order valence-electron chi connectivity index (χ2n) is 7.72. The first-order valence-electron chi connectivity index (χ1n) is 10.9. The Morgan fingerprint density at radius 3 is 1.53 bits per heavy atom. The molecule has 0 aromatic carbocycles. The highest BCUT2D eigenvalue weighted by molar-refractivity contribution is 7.80. The number of hydrogen-bond donors (Lipinski definition) is 11. The van der Waals surface area contributed by atoms with Crippen molar-refractivity contribution in [3.63, 3.8) is 0 Å². The van der Waals surface area contributed by atoms with E-state index in [0.29, 0.717) is 0 Å². The Morgan fingerprint density at radius 2 is 1.13 bits per heavy atom. The van der Waals surface area contributed by atoms with E-state index < -0.39 is 91.0 Å². The summed E-state index contributed by atoms with van der Waals surface area (Å²) < 4.78 is 0. The van der Waals surface area contributed by atoms with Crippen LogP contribution in [0.2, 0.25) is 0 Å². The largest absolute Gasteiger partial charge is 0.480 e. The molecule has 0 bridgehead atoms. The predicted octanol–water partition coefficient (Wildman–Crippen LogP) is -5.91. The number of amides is 7. The summed E-state index contributed by atoms with van der Waals surface area (Å²) in [4.78, 5) is 93.4. The lowest BCUT2D eigenvalue weighted by atomic mass is 10.1. The normalized spacial score (nSPS) is 13.6. The summed E-state index contributed by atoms with van der Waals surface area (Å²) in [5, 5.41) is 20.2. The van der Waals surface area contributed by atoms with E-state index in [1.807, 2.05) is 0 Å². The lowest BCUT2D eigenvalue weighted by Gasteiger charge is -2.20. The average Bonchev–Trinajstić information content (AvgIpc) is 2.84. The van der Waals surface area contributed by atoms with Crippen LogP contribution in [0.5, 0.6) is 0 Å². The number of primary amides is 2. The Balaban J connectivity index is 4.71. The molecule has 19 heteroatoms. The van der Waals surface area contributed by atoms with E-state index in [9.17, 15) is 38.4 Å². The van der Waals surface area contributed by atoms with Crippen molar-refractivity contribution in [3.05, 3.63) is 0 Å². The fraction of sp³-hybridized carbons (Fsp3) is 0.579. The molecule has 0 aliphatic rings. The van der Waals surface area contributed by atoms with E-state index in [4.69, 9.17) is 22.3 Å². The summed E-state index contributed by atoms with van der Waals surface area (Å²) in [6.45, 7) is -1.25. The van der Waals surface area contributed by atoms with Gasteiger partial charge in [-0.15, -0.1) is 0 Å². The van der Waals surface area contributed by atoms with Gasteiger partial charge in [-0.3, -0.25) is 33.6 Å². The maximum absolute atomic E-state index is 12.3. The minimum absolute atomic E-state index is 0.169. The number of carbonyl (C=O) groups excluding carboxylic acids is 7. The molecule has 4 atom stereocenters. The molecule has 0 heterocycles. The third-order valence-corrected chi connectivity index (χ3v) is 5.30. The number of carbonyl (C=O) groups is 8. The zero-order valence-corrected chi connectivity index (χ0v) is 21.9. The molecule has 0 fully saturated rings. The highest BCUT2D eigenvalue weighted by atomic mass is 32.1. The number of aliphatic carboxylic acids is 1.